The summed E-state index contributed by atoms with van der Waals surface area (Å²) in [6.45, 7) is 13.5. The molecule has 1 aromatic rings. The van der Waals surface area contributed by atoms with E-state index in [1.54, 1.807) is 13.0 Å². The van der Waals surface area contributed by atoms with Crippen LogP contribution in [-0.4, -0.2) is 49.1 Å². The van der Waals surface area contributed by atoms with Gasteiger partial charge in [-0.2, -0.15) is 13.2 Å². The molecule has 0 N–H and O–H groups in total. The van der Waals surface area contributed by atoms with Crippen molar-refractivity contribution in [3.63, 3.8) is 0 Å². The Labute approximate surface area is 244 Å². The topological polar surface area (TPSA) is 58.5 Å². The normalized spacial score (nSPS) is 18.1. The fraction of sp³-hybridized carbons (Fsp3) is 0.767. The number of unbranched alkanes of at least 4 members (excludes halogenated alkanes) is 5. The van der Waals surface area contributed by atoms with Gasteiger partial charge in [0.05, 0.1) is 36.7 Å². The number of halogens is 4. The van der Waals surface area contributed by atoms with Gasteiger partial charge in [0.25, 0.3) is 0 Å². The molecule has 0 saturated carbocycles. The fourth-order valence-corrected chi connectivity index (χ4v) is 5.53. The second kappa shape index (κ2) is 15.8. The van der Waals surface area contributed by atoms with Crippen LogP contribution in [0.5, 0.6) is 5.75 Å². The third kappa shape index (κ3) is 14.0. The molecule has 2 rings (SSSR count). The molecule has 0 aromatic heterocycles. The minimum absolute atomic E-state index is 0.142. The SMILES string of the molecule is CC1=NC(CCc2ccc(OCCCCCCCCF)c(C(F)(F)F)c2)(COP(OC(C)(C)C)OC(C)(C)C)CO1. The van der Waals surface area contributed by atoms with E-state index in [1.165, 1.54) is 6.07 Å². The predicted molar refractivity (Wildman–Crippen MR) is 155 cm³/mol. The van der Waals surface area contributed by atoms with Gasteiger partial charge in [-0.1, -0.05) is 31.7 Å². The summed E-state index contributed by atoms with van der Waals surface area (Å²) in [5.41, 5.74) is -2.03. The maximum absolute atomic E-state index is 13.9. The lowest BCUT2D eigenvalue weighted by Gasteiger charge is -2.32. The van der Waals surface area contributed by atoms with Gasteiger partial charge >= 0.3 is 14.8 Å². The van der Waals surface area contributed by atoms with Crippen LogP contribution in [0.3, 0.4) is 0 Å². The molecule has 0 bridgehead atoms. The van der Waals surface area contributed by atoms with Gasteiger partial charge in [-0.15, -0.1) is 0 Å². The Bertz CT molecular complexity index is 946. The largest absolute Gasteiger partial charge is 0.493 e. The van der Waals surface area contributed by atoms with Crippen molar-refractivity contribution in [3.8, 4) is 5.75 Å². The number of hydrogen-bond donors (Lipinski definition) is 0. The van der Waals surface area contributed by atoms with Crippen LogP contribution in [0.1, 0.15) is 105 Å². The Balaban J connectivity index is 2.06. The van der Waals surface area contributed by atoms with Gasteiger partial charge in [0.15, 0.2) is 5.90 Å². The smallest absolute Gasteiger partial charge is 0.419 e. The van der Waals surface area contributed by atoms with Crippen LogP contribution in [-0.2, 0) is 30.9 Å². The molecule has 11 heteroatoms. The summed E-state index contributed by atoms with van der Waals surface area (Å²) >= 11 is 0. The van der Waals surface area contributed by atoms with Crippen molar-refractivity contribution < 1.29 is 40.6 Å². The third-order valence-electron chi connectivity index (χ3n) is 6.09. The number of nitrogens with zero attached hydrogens (tertiary/aromatic N) is 1. The van der Waals surface area contributed by atoms with E-state index in [-0.39, 0.29) is 32.2 Å². The van der Waals surface area contributed by atoms with E-state index in [1.807, 2.05) is 41.5 Å². The average molecular weight is 610 g/mol. The summed E-state index contributed by atoms with van der Waals surface area (Å²) in [6.07, 6.45) is 0.912. The van der Waals surface area contributed by atoms with E-state index in [2.05, 4.69) is 4.99 Å². The summed E-state index contributed by atoms with van der Waals surface area (Å²) < 4.78 is 83.3. The maximum atomic E-state index is 13.9. The highest BCUT2D eigenvalue weighted by Gasteiger charge is 2.39. The van der Waals surface area contributed by atoms with E-state index in [0.29, 0.717) is 37.1 Å². The first kappa shape index (κ1) is 35.7. The van der Waals surface area contributed by atoms with Crippen LogP contribution in [0.2, 0.25) is 0 Å². The zero-order chi connectivity index (χ0) is 30.7. The Morgan fingerprint density at radius 2 is 1.54 bits per heavy atom. The monoisotopic (exact) mass is 609 g/mol. The van der Waals surface area contributed by atoms with Gasteiger partial charge in [0, 0.05) is 6.92 Å². The van der Waals surface area contributed by atoms with Crippen molar-refractivity contribution in [1.82, 2.24) is 0 Å². The lowest BCUT2D eigenvalue weighted by molar-refractivity contribution is -0.139. The van der Waals surface area contributed by atoms with E-state index < -0.39 is 37.1 Å². The molecule has 0 radical (unpaired) electrons. The third-order valence-corrected chi connectivity index (χ3v) is 7.83. The van der Waals surface area contributed by atoms with Gasteiger partial charge in [0.1, 0.15) is 17.9 Å². The summed E-state index contributed by atoms with van der Waals surface area (Å²) in [5, 5.41) is 0. The van der Waals surface area contributed by atoms with Crippen LogP contribution in [0, 0.1) is 0 Å². The molecule has 0 aliphatic carbocycles. The number of alkyl halides is 4. The zero-order valence-electron chi connectivity index (χ0n) is 25.7. The molecule has 1 atom stereocenters. The molecule has 1 unspecified atom stereocenters. The van der Waals surface area contributed by atoms with Gasteiger partial charge < -0.3 is 23.0 Å². The molecule has 236 valence electrons. The zero-order valence-corrected chi connectivity index (χ0v) is 26.6. The van der Waals surface area contributed by atoms with Crippen LogP contribution in [0.25, 0.3) is 0 Å². The Kier molecular flexibility index (Phi) is 13.8. The molecule has 6 nitrogen and oxygen atoms in total. The van der Waals surface area contributed by atoms with E-state index >= 15 is 0 Å². The van der Waals surface area contributed by atoms with E-state index in [4.69, 9.17) is 23.0 Å². The van der Waals surface area contributed by atoms with Crippen molar-refractivity contribution in [1.29, 1.82) is 0 Å². The van der Waals surface area contributed by atoms with Crippen LogP contribution in [0.15, 0.2) is 23.2 Å². The Morgan fingerprint density at radius 1 is 0.927 bits per heavy atom. The molecule has 1 heterocycles. The highest BCUT2D eigenvalue weighted by molar-refractivity contribution is 7.41. The molecule has 0 fully saturated rings. The lowest BCUT2D eigenvalue weighted by atomic mass is 9.93. The first-order valence-corrected chi connectivity index (χ1v) is 15.5. The average Bonchev–Trinajstić information content (AvgIpc) is 3.22. The maximum Gasteiger partial charge on any atom is 0.419 e. The van der Waals surface area contributed by atoms with Crippen molar-refractivity contribution in [2.45, 2.75) is 123 Å². The highest BCUT2D eigenvalue weighted by Crippen LogP contribution is 2.48. The van der Waals surface area contributed by atoms with E-state index in [9.17, 15) is 17.6 Å². The fourth-order valence-electron chi connectivity index (χ4n) is 4.15. The van der Waals surface area contributed by atoms with Crippen molar-refractivity contribution in [3.05, 3.63) is 29.3 Å². The van der Waals surface area contributed by atoms with Gasteiger partial charge in [0.2, 0.25) is 0 Å². The molecule has 1 aliphatic heterocycles. The van der Waals surface area contributed by atoms with Crippen molar-refractivity contribution in [2.75, 3.05) is 26.5 Å². The summed E-state index contributed by atoms with van der Waals surface area (Å²) in [4.78, 5) is 4.67. The summed E-state index contributed by atoms with van der Waals surface area (Å²) in [7, 11) is -1.71. The van der Waals surface area contributed by atoms with Gasteiger partial charge in [-0.3, -0.25) is 4.39 Å². The Morgan fingerprint density at radius 3 is 2.07 bits per heavy atom. The summed E-state index contributed by atoms with van der Waals surface area (Å²) in [5.74, 6) is 0.340. The summed E-state index contributed by atoms with van der Waals surface area (Å²) in [6, 6.07) is 4.22. The van der Waals surface area contributed by atoms with Crippen molar-refractivity contribution >= 4 is 14.5 Å². The second-order valence-electron chi connectivity index (χ2n) is 12.5. The first-order valence-electron chi connectivity index (χ1n) is 14.4. The number of ether oxygens (including phenoxy) is 2. The lowest BCUT2D eigenvalue weighted by Crippen LogP contribution is -2.35. The van der Waals surface area contributed by atoms with Crippen LogP contribution in [0.4, 0.5) is 17.6 Å². The quantitative estimate of drug-likeness (QED) is 0.100. The number of aliphatic imine (C=N–C) groups is 1. The standard InChI is InChI=1S/C30H48F4NO5P/c1-23-35-29(21-37-23,22-38-41(39-27(2,3)4)40-28(5,6)7)17-16-24-14-15-26(25(20-24)30(32,33)34)36-19-13-11-9-8-10-12-18-31/h14-15,20H,8-13,16-19,21-22H2,1-7H3. The first-order chi connectivity index (χ1) is 19.0. The predicted octanol–water partition coefficient (Wildman–Crippen LogP) is 9.39. The molecular formula is C30H48F4NO5P. The number of aryl methyl sites for hydroxylation is 1. The molecular weight excluding hydrogens is 561 g/mol. The second-order valence-corrected chi connectivity index (χ2v) is 13.6. The van der Waals surface area contributed by atoms with Crippen LogP contribution >= 0.6 is 8.60 Å². The Hall–Kier alpha value is -1.48. The number of hydrogen-bond acceptors (Lipinski definition) is 6. The molecule has 0 spiro atoms. The van der Waals surface area contributed by atoms with Crippen LogP contribution < -0.4 is 4.74 Å². The molecule has 0 amide bonds. The number of benzene rings is 1. The highest BCUT2D eigenvalue weighted by atomic mass is 31.2. The van der Waals surface area contributed by atoms with E-state index in [0.717, 1.165) is 31.7 Å². The minimum Gasteiger partial charge on any atom is -0.493 e. The van der Waals surface area contributed by atoms with Gasteiger partial charge in [-0.05, 0) is 84.9 Å². The van der Waals surface area contributed by atoms with Gasteiger partial charge in [-0.25, -0.2) is 4.99 Å². The minimum atomic E-state index is -4.55. The molecule has 1 aromatic carbocycles. The molecule has 0 saturated heterocycles. The number of rotatable bonds is 17. The van der Waals surface area contributed by atoms with Crippen molar-refractivity contribution in [2.24, 2.45) is 4.99 Å². The molecule has 1 aliphatic rings. The molecule has 41 heavy (non-hydrogen) atoms.